The molecule has 3 rings (SSSR count). The van der Waals surface area contributed by atoms with Crippen LogP contribution in [0.5, 0.6) is 0 Å². The molecule has 0 saturated carbocycles. The van der Waals surface area contributed by atoms with E-state index in [1.165, 1.54) is 17.4 Å². The van der Waals surface area contributed by atoms with E-state index in [0.717, 1.165) is 6.07 Å². The zero-order chi connectivity index (χ0) is 13.6. The predicted octanol–water partition coefficient (Wildman–Crippen LogP) is 1.81. The van der Waals surface area contributed by atoms with E-state index in [4.69, 9.17) is 0 Å². The third-order valence-electron chi connectivity index (χ3n) is 3.02. The summed E-state index contributed by atoms with van der Waals surface area (Å²) in [7, 11) is -2.97. The first-order chi connectivity index (χ1) is 8.94. The van der Waals surface area contributed by atoms with Gasteiger partial charge >= 0.3 is 0 Å². The van der Waals surface area contributed by atoms with Gasteiger partial charge in [0.15, 0.2) is 20.8 Å². The van der Waals surface area contributed by atoms with Crippen LogP contribution < -0.4 is 4.90 Å². The highest BCUT2D eigenvalue weighted by molar-refractivity contribution is 7.91. The van der Waals surface area contributed by atoms with Crippen LogP contribution in [0, 0.1) is 11.6 Å². The van der Waals surface area contributed by atoms with Gasteiger partial charge in [0.1, 0.15) is 11.3 Å². The number of hydrogen-bond donors (Lipinski definition) is 0. The Hall–Kier alpha value is -1.28. The summed E-state index contributed by atoms with van der Waals surface area (Å²) in [5, 5.41) is 0.536. The van der Waals surface area contributed by atoms with Crippen molar-refractivity contribution in [2.75, 3.05) is 29.5 Å². The van der Waals surface area contributed by atoms with E-state index >= 15 is 0 Å². The average Bonchev–Trinajstić information content (AvgIpc) is 2.72. The normalized spacial score (nSPS) is 18.9. The molecule has 8 heteroatoms. The molecule has 1 aromatic heterocycles. The van der Waals surface area contributed by atoms with Crippen molar-refractivity contribution in [1.82, 2.24) is 4.98 Å². The Bertz CT molecular complexity index is 728. The average molecular weight is 304 g/mol. The lowest BCUT2D eigenvalue weighted by molar-refractivity contribution is 0.585. The molecule has 0 spiro atoms. The molecule has 0 atom stereocenters. The number of rotatable bonds is 1. The minimum absolute atomic E-state index is 0.0692. The van der Waals surface area contributed by atoms with E-state index in [0.29, 0.717) is 22.9 Å². The lowest BCUT2D eigenvalue weighted by Crippen LogP contribution is -2.40. The second kappa shape index (κ2) is 4.38. The standard InChI is InChI=1S/C11H10F2N2O2S2/c12-7-5-8(13)10-9(6-7)18-11(14-10)15-1-3-19(16,17)4-2-15/h5-6H,1-4H2. The van der Waals surface area contributed by atoms with Crippen molar-refractivity contribution < 1.29 is 17.2 Å². The Kier molecular flexibility index (Phi) is 2.94. The van der Waals surface area contributed by atoms with Crippen LogP contribution in [0.25, 0.3) is 10.2 Å². The van der Waals surface area contributed by atoms with Gasteiger partial charge in [-0.15, -0.1) is 0 Å². The van der Waals surface area contributed by atoms with Crippen molar-refractivity contribution in [3.63, 3.8) is 0 Å². The van der Waals surface area contributed by atoms with Crippen LogP contribution in [-0.2, 0) is 9.84 Å². The Morgan fingerprint density at radius 2 is 1.89 bits per heavy atom. The van der Waals surface area contributed by atoms with Crippen molar-refractivity contribution in [3.8, 4) is 0 Å². The Morgan fingerprint density at radius 3 is 2.58 bits per heavy atom. The summed E-state index contributed by atoms with van der Waals surface area (Å²) in [4.78, 5) is 5.93. The van der Waals surface area contributed by atoms with Gasteiger partial charge in [-0.1, -0.05) is 11.3 Å². The molecule has 0 bridgehead atoms. The summed E-state index contributed by atoms with van der Waals surface area (Å²) in [5.41, 5.74) is 0.134. The summed E-state index contributed by atoms with van der Waals surface area (Å²) >= 11 is 1.17. The lowest BCUT2D eigenvalue weighted by Gasteiger charge is -2.25. The predicted molar refractivity (Wildman–Crippen MR) is 70.4 cm³/mol. The van der Waals surface area contributed by atoms with E-state index in [-0.39, 0.29) is 17.0 Å². The molecule has 0 N–H and O–H groups in total. The highest BCUT2D eigenvalue weighted by Crippen LogP contribution is 2.31. The summed E-state index contributed by atoms with van der Waals surface area (Å²) in [6.07, 6.45) is 0. The molecule has 0 unspecified atom stereocenters. The number of fused-ring (bicyclic) bond motifs is 1. The van der Waals surface area contributed by atoms with Gasteiger partial charge in [-0.25, -0.2) is 22.2 Å². The van der Waals surface area contributed by atoms with E-state index in [1.807, 2.05) is 0 Å². The summed E-state index contributed by atoms with van der Waals surface area (Å²) in [6.45, 7) is 0.679. The fourth-order valence-electron chi connectivity index (χ4n) is 1.98. The minimum Gasteiger partial charge on any atom is -0.346 e. The fraction of sp³-hybridized carbons (Fsp3) is 0.364. The van der Waals surface area contributed by atoms with Crippen LogP contribution in [0.2, 0.25) is 0 Å². The van der Waals surface area contributed by atoms with E-state index in [9.17, 15) is 17.2 Å². The zero-order valence-corrected chi connectivity index (χ0v) is 11.4. The molecule has 2 heterocycles. The van der Waals surface area contributed by atoms with Crippen LogP contribution >= 0.6 is 11.3 Å². The van der Waals surface area contributed by atoms with Gasteiger partial charge in [-0.3, -0.25) is 0 Å². The molecule has 0 amide bonds. The van der Waals surface area contributed by atoms with Crippen molar-refractivity contribution in [3.05, 3.63) is 23.8 Å². The number of anilines is 1. The van der Waals surface area contributed by atoms with Gasteiger partial charge in [0, 0.05) is 19.2 Å². The second-order valence-electron chi connectivity index (χ2n) is 4.37. The number of sulfone groups is 1. The first-order valence-electron chi connectivity index (χ1n) is 5.65. The van der Waals surface area contributed by atoms with Crippen molar-refractivity contribution in [2.24, 2.45) is 0 Å². The Labute approximate surface area is 112 Å². The SMILES string of the molecule is O=S1(=O)CCN(c2nc3c(F)cc(F)cc3s2)CC1. The fourth-order valence-corrected chi connectivity index (χ4v) is 4.24. The molecule has 1 saturated heterocycles. The Balaban J connectivity index is 1.96. The lowest BCUT2D eigenvalue weighted by atomic mass is 10.3. The number of benzene rings is 1. The maximum atomic E-state index is 13.5. The molecular formula is C11H10F2N2O2S2. The number of halogens is 2. The molecule has 1 fully saturated rings. The quantitative estimate of drug-likeness (QED) is 0.806. The molecular weight excluding hydrogens is 294 g/mol. The molecule has 1 aliphatic heterocycles. The minimum atomic E-state index is -2.97. The molecule has 2 aromatic rings. The largest absolute Gasteiger partial charge is 0.346 e. The van der Waals surface area contributed by atoms with Gasteiger partial charge in [0.25, 0.3) is 0 Å². The third kappa shape index (κ3) is 2.42. The topological polar surface area (TPSA) is 50.3 Å². The van der Waals surface area contributed by atoms with E-state index in [2.05, 4.69) is 4.98 Å². The summed E-state index contributed by atoms with van der Waals surface area (Å²) in [5.74, 6) is -1.19. The van der Waals surface area contributed by atoms with Crippen LogP contribution in [0.4, 0.5) is 13.9 Å². The smallest absolute Gasteiger partial charge is 0.186 e. The van der Waals surface area contributed by atoms with Crippen molar-refractivity contribution >= 4 is 36.5 Å². The second-order valence-corrected chi connectivity index (χ2v) is 7.68. The van der Waals surface area contributed by atoms with Crippen LogP contribution in [0.3, 0.4) is 0 Å². The monoisotopic (exact) mass is 304 g/mol. The third-order valence-corrected chi connectivity index (χ3v) is 5.69. The highest BCUT2D eigenvalue weighted by Gasteiger charge is 2.24. The molecule has 4 nitrogen and oxygen atoms in total. The van der Waals surface area contributed by atoms with Gasteiger partial charge in [-0.2, -0.15) is 0 Å². The van der Waals surface area contributed by atoms with Crippen LogP contribution in [0.1, 0.15) is 0 Å². The molecule has 1 aromatic carbocycles. The molecule has 0 aliphatic carbocycles. The molecule has 1 aliphatic rings. The molecule has 0 radical (unpaired) electrons. The molecule has 102 valence electrons. The van der Waals surface area contributed by atoms with Crippen LogP contribution in [0.15, 0.2) is 12.1 Å². The van der Waals surface area contributed by atoms with E-state index in [1.54, 1.807) is 4.90 Å². The van der Waals surface area contributed by atoms with E-state index < -0.39 is 21.5 Å². The Morgan fingerprint density at radius 1 is 1.21 bits per heavy atom. The number of aromatic nitrogens is 1. The van der Waals surface area contributed by atoms with Crippen LogP contribution in [-0.4, -0.2) is 38.0 Å². The summed E-state index contributed by atoms with van der Waals surface area (Å²) in [6, 6.07) is 2.03. The summed E-state index contributed by atoms with van der Waals surface area (Å²) < 4.78 is 49.8. The zero-order valence-electron chi connectivity index (χ0n) is 9.77. The van der Waals surface area contributed by atoms with Crippen molar-refractivity contribution in [1.29, 1.82) is 0 Å². The van der Waals surface area contributed by atoms with Gasteiger partial charge in [0.2, 0.25) is 0 Å². The number of nitrogens with zero attached hydrogens (tertiary/aromatic N) is 2. The first-order valence-corrected chi connectivity index (χ1v) is 8.29. The van der Waals surface area contributed by atoms with Gasteiger partial charge < -0.3 is 4.90 Å². The van der Waals surface area contributed by atoms with Gasteiger partial charge in [0.05, 0.1) is 16.2 Å². The maximum absolute atomic E-state index is 13.5. The van der Waals surface area contributed by atoms with Gasteiger partial charge in [-0.05, 0) is 6.07 Å². The number of thiazole rings is 1. The number of hydrogen-bond acceptors (Lipinski definition) is 5. The first kappa shape index (κ1) is 12.7. The van der Waals surface area contributed by atoms with Crippen molar-refractivity contribution in [2.45, 2.75) is 0 Å². The highest BCUT2D eigenvalue weighted by atomic mass is 32.2. The molecule has 19 heavy (non-hydrogen) atoms. The maximum Gasteiger partial charge on any atom is 0.186 e.